The number of allylic oxidation sites excluding steroid dienone is 1. The van der Waals surface area contributed by atoms with Crippen molar-refractivity contribution >= 4 is 18.0 Å². The Labute approximate surface area is 159 Å². The molecular weight excluding hydrogens is 352 g/mol. The number of hydrogen-bond donors (Lipinski definition) is 4. The van der Waals surface area contributed by atoms with Crippen LogP contribution in [-0.2, 0) is 14.4 Å². The van der Waals surface area contributed by atoms with Gasteiger partial charge in [0, 0.05) is 29.6 Å². The minimum atomic E-state index is -1.23. The lowest BCUT2D eigenvalue weighted by molar-refractivity contribution is -0.214. The summed E-state index contributed by atoms with van der Waals surface area (Å²) in [6, 6.07) is 0. The molecular formula is C20H30O7. The molecule has 3 aliphatic rings. The largest absolute Gasteiger partial charge is 0.483 e. The average molecular weight is 382 g/mol. The summed E-state index contributed by atoms with van der Waals surface area (Å²) in [7, 11) is 0. The van der Waals surface area contributed by atoms with E-state index < -0.39 is 34.6 Å². The van der Waals surface area contributed by atoms with E-state index in [1.165, 1.54) is 6.08 Å². The Hall–Kier alpha value is -1.57. The molecule has 152 valence electrons. The summed E-state index contributed by atoms with van der Waals surface area (Å²) >= 11 is 0. The Morgan fingerprint density at radius 2 is 1.81 bits per heavy atom. The molecule has 2 fully saturated rings. The highest BCUT2D eigenvalue weighted by atomic mass is 16.3. The van der Waals surface area contributed by atoms with Crippen LogP contribution >= 0.6 is 0 Å². The van der Waals surface area contributed by atoms with Gasteiger partial charge in [-0.15, -0.1) is 0 Å². The van der Waals surface area contributed by atoms with Gasteiger partial charge in [-0.25, -0.2) is 0 Å². The van der Waals surface area contributed by atoms with Crippen LogP contribution < -0.4 is 0 Å². The van der Waals surface area contributed by atoms with E-state index in [1.807, 2.05) is 20.8 Å². The highest BCUT2D eigenvalue weighted by Gasteiger charge is 2.68. The summed E-state index contributed by atoms with van der Waals surface area (Å²) in [6.07, 6.45) is 0.407. The molecule has 0 spiro atoms. The number of hydrogen-bond acceptors (Lipinski definition) is 6. The van der Waals surface area contributed by atoms with Crippen molar-refractivity contribution in [1.82, 2.24) is 0 Å². The maximum Gasteiger partial charge on any atom is 0.290 e. The number of rotatable bonds is 1. The zero-order valence-electron chi connectivity index (χ0n) is 16.3. The molecule has 0 heterocycles. The Morgan fingerprint density at radius 3 is 2.33 bits per heavy atom. The van der Waals surface area contributed by atoms with Crippen molar-refractivity contribution < 1.29 is 34.8 Å². The van der Waals surface area contributed by atoms with Crippen molar-refractivity contribution in [2.24, 2.45) is 22.7 Å². The van der Waals surface area contributed by atoms with Crippen LogP contribution in [0, 0.1) is 22.7 Å². The molecule has 0 amide bonds. The monoisotopic (exact) mass is 382 g/mol. The molecule has 0 saturated heterocycles. The topological polar surface area (TPSA) is 132 Å². The molecule has 2 saturated carbocycles. The number of carbonyl (C=O) groups is 3. The van der Waals surface area contributed by atoms with E-state index in [4.69, 9.17) is 9.90 Å². The summed E-state index contributed by atoms with van der Waals surface area (Å²) in [4.78, 5) is 33.6. The Morgan fingerprint density at radius 1 is 1.26 bits per heavy atom. The molecule has 7 heteroatoms. The van der Waals surface area contributed by atoms with E-state index >= 15 is 0 Å². The van der Waals surface area contributed by atoms with Crippen LogP contribution in [0.5, 0.6) is 0 Å². The van der Waals surface area contributed by atoms with Crippen molar-refractivity contribution in [3.05, 3.63) is 11.6 Å². The van der Waals surface area contributed by atoms with Crippen molar-refractivity contribution in [1.29, 1.82) is 0 Å². The van der Waals surface area contributed by atoms with Gasteiger partial charge in [0.05, 0.1) is 11.7 Å². The summed E-state index contributed by atoms with van der Waals surface area (Å²) in [6.45, 7) is 7.03. The number of carboxylic acid groups (broad SMARTS) is 1. The fourth-order valence-corrected chi connectivity index (χ4v) is 6.02. The molecule has 3 rings (SSSR count). The van der Waals surface area contributed by atoms with Gasteiger partial charge in [-0.05, 0) is 31.8 Å². The van der Waals surface area contributed by atoms with Gasteiger partial charge < -0.3 is 20.4 Å². The lowest BCUT2D eigenvalue weighted by Gasteiger charge is -2.63. The van der Waals surface area contributed by atoms with E-state index in [0.717, 1.165) is 5.57 Å². The maximum atomic E-state index is 13.0. The van der Waals surface area contributed by atoms with Gasteiger partial charge >= 0.3 is 0 Å². The number of ketones is 2. The minimum absolute atomic E-state index is 0.00917. The van der Waals surface area contributed by atoms with E-state index in [9.17, 15) is 24.9 Å². The van der Waals surface area contributed by atoms with Gasteiger partial charge in [0.25, 0.3) is 6.47 Å². The molecule has 27 heavy (non-hydrogen) atoms. The van der Waals surface area contributed by atoms with E-state index in [0.29, 0.717) is 6.42 Å². The van der Waals surface area contributed by atoms with Gasteiger partial charge in [0.2, 0.25) is 0 Å². The Kier molecular flexibility index (Phi) is 5.72. The van der Waals surface area contributed by atoms with Gasteiger partial charge in [-0.2, -0.15) is 0 Å². The zero-order chi connectivity index (χ0) is 20.8. The van der Waals surface area contributed by atoms with Crippen LogP contribution in [0.3, 0.4) is 0 Å². The van der Waals surface area contributed by atoms with Crippen LogP contribution in [0.1, 0.15) is 53.4 Å². The summed E-state index contributed by atoms with van der Waals surface area (Å²) in [5.74, 6) is -1.15. The second kappa shape index (κ2) is 7.11. The smallest absolute Gasteiger partial charge is 0.290 e. The molecule has 7 atom stereocenters. The number of aliphatic hydroxyl groups excluding tert-OH is 2. The van der Waals surface area contributed by atoms with Crippen molar-refractivity contribution in [3.63, 3.8) is 0 Å². The van der Waals surface area contributed by atoms with Gasteiger partial charge in [0.15, 0.2) is 5.78 Å². The predicted octanol–water partition coefficient (Wildman–Crippen LogP) is 1.09. The van der Waals surface area contributed by atoms with Gasteiger partial charge in [-0.3, -0.25) is 14.4 Å². The average Bonchev–Trinajstić information content (AvgIpc) is 2.56. The number of aliphatic hydroxyl groups is 3. The summed E-state index contributed by atoms with van der Waals surface area (Å²) in [5, 5.41) is 39.3. The molecule has 0 aromatic rings. The lowest BCUT2D eigenvalue weighted by Crippen LogP contribution is -2.68. The standard InChI is InChI=1S/C19H28O5.CH2O2/c1-5-19(24)8-13(21)15-17(3,9-19)14(22)7-11-10(2)6-12(20)16(23)18(11,15)4;2-1-3/h6,11,13,15-16,21,23-24H,5,7-9H2,1-4H3;1H,(H,2,3)/t11-,13?,15-,16?,17?,18?,19-;/m0./s1. The second-order valence-electron chi connectivity index (χ2n) is 8.77. The third-order valence-electron chi connectivity index (χ3n) is 7.24. The lowest BCUT2D eigenvalue weighted by atomic mass is 9.41. The quantitative estimate of drug-likeness (QED) is 0.499. The van der Waals surface area contributed by atoms with Crippen LogP contribution in [0.15, 0.2) is 11.6 Å². The first-order valence-electron chi connectivity index (χ1n) is 9.33. The first-order valence-corrected chi connectivity index (χ1v) is 9.33. The zero-order valence-corrected chi connectivity index (χ0v) is 16.3. The summed E-state index contributed by atoms with van der Waals surface area (Å²) in [5.41, 5.74) is -2.12. The molecule has 4 unspecified atom stereocenters. The van der Waals surface area contributed by atoms with Crippen molar-refractivity contribution in [2.45, 2.75) is 71.2 Å². The third kappa shape index (κ3) is 3.15. The van der Waals surface area contributed by atoms with Crippen LogP contribution in [0.4, 0.5) is 0 Å². The van der Waals surface area contributed by atoms with Gasteiger partial charge in [-0.1, -0.05) is 26.3 Å². The van der Waals surface area contributed by atoms with E-state index in [2.05, 4.69) is 0 Å². The van der Waals surface area contributed by atoms with Crippen LogP contribution in [0.2, 0.25) is 0 Å². The molecule has 0 aromatic carbocycles. The van der Waals surface area contributed by atoms with Crippen molar-refractivity contribution in [3.8, 4) is 0 Å². The van der Waals surface area contributed by atoms with Crippen LogP contribution in [-0.4, -0.2) is 56.3 Å². The molecule has 3 aliphatic carbocycles. The fraction of sp³-hybridized carbons (Fsp3) is 0.750. The van der Waals surface area contributed by atoms with E-state index in [1.54, 1.807) is 6.92 Å². The first-order chi connectivity index (χ1) is 12.4. The molecule has 0 radical (unpaired) electrons. The second-order valence-corrected chi connectivity index (χ2v) is 8.77. The third-order valence-corrected chi connectivity index (χ3v) is 7.24. The predicted molar refractivity (Wildman–Crippen MR) is 96.8 cm³/mol. The Bertz CT molecular complexity index is 671. The highest BCUT2D eigenvalue weighted by Crippen LogP contribution is 2.63. The maximum absolute atomic E-state index is 13.0. The fourth-order valence-electron chi connectivity index (χ4n) is 6.02. The highest BCUT2D eigenvalue weighted by molar-refractivity contribution is 5.97. The van der Waals surface area contributed by atoms with Crippen molar-refractivity contribution in [2.75, 3.05) is 0 Å². The molecule has 0 aromatic heterocycles. The number of carbonyl (C=O) groups excluding carboxylic acids is 2. The van der Waals surface area contributed by atoms with E-state index in [-0.39, 0.29) is 43.2 Å². The van der Waals surface area contributed by atoms with Gasteiger partial charge in [0.1, 0.15) is 11.9 Å². The minimum Gasteiger partial charge on any atom is -0.483 e. The molecule has 0 bridgehead atoms. The summed E-state index contributed by atoms with van der Waals surface area (Å²) < 4.78 is 0. The number of fused-ring (bicyclic) bond motifs is 3. The molecule has 4 N–H and O–H groups in total. The molecule has 7 nitrogen and oxygen atoms in total. The molecule has 0 aliphatic heterocycles. The number of Topliss-reactive ketones (excluding diaryl/α,β-unsaturated/α-hetero) is 1. The van der Waals surface area contributed by atoms with Crippen LogP contribution in [0.25, 0.3) is 0 Å². The normalized spacial score (nSPS) is 46.4. The Balaban J connectivity index is 0.000000817. The first kappa shape index (κ1) is 21.7. The SMILES string of the molecule is CC[C@]1(O)CC(O)[C@H]2C(C)(C1)C(=O)C[C@H]1C(C)=CC(=O)C(O)C12C.O=CO.